The number of piperazine rings is 1. The molecule has 3 rings (SSSR count). The summed E-state index contributed by atoms with van der Waals surface area (Å²) in [6.45, 7) is 0.109. The predicted octanol–water partition coefficient (Wildman–Crippen LogP) is 1.64. The average Bonchev–Trinajstić information content (AvgIpc) is 2.83. The van der Waals surface area contributed by atoms with Gasteiger partial charge in [-0.1, -0.05) is 6.07 Å². The van der Waals surface area contributed by atoms with Gasteiger partial charge in [-0.3, -0.25) is 4.90 Å². The zero-order valence-electron chi connectivity index (χ0n) is 11.8. The maximum absolute atomic E-state index is 13.7. The number of benzene rings is 1. The van der Waals surface area contributed by atoms with Gasteiger partial charge in [-0.2, -0.15) is 8.78 Å². The number of nitrogens with one attached hydrogen (secondary N) is 1. The Hall–Kier alpha value is -1.96. The molecule has 0 saturated carbocycles. The first kappa shape index (κ1) is 15.0. The van der Waals surface area contributed by atoms with Crippen LogP contribution in [0, 0.1) is 5.82 Å². The van der Waals surface area contributed by atoms with E-state index in [-0.39, 0.29) is 12.1 Å². The van der Waals surface area contributed by atoms with Gasteiger partial charge in [-0.25, -0.2) is 9.18 Å². The minimum atomic E-state index is -3.04. The maximum Gasteiger partial charge on any atom is 0.387 e. The Kier molecular flexibility index (Phi) is 4.10. The second kappa shape index (κ2) is 6.04. The molecule has 8 heteroatoms. The third-order valence-electron chi connectivity index (χ3n) is 3.94. The van der Waals surface area contributed by atoms with Gasteiger partial charge < -0.3 is 15.0 Å². The quantitative estimate of drug-likeness (QED) is 0.919. The van der Waals surface area contributed by atoms with E-state index in [0.717, 1.165) is 0 Å². The molecule has 1 aromatic rings. The van der Waals surface area contributed by atoms with Crippen molar-refractivity contribution in [2.45, 2.75) is 19.2 Å². The second-order valence-electron chi connectivity index (χ2n) is 5.41. The lowest BCUT2D eigenvalue weighted by Crippen LogP contribution is -2.51. The number of carbonyl (C=O) groups is 1. The van der Waals surface area contributed by atoms with Gasteiger partial charge in [0.2, 0.25) is 0 Å². The molecule has 120 valence electrons. The van der Waals surface area contributed by atoms with Gasteiger partial charge in [0.25, 0.3) is 0 Å². The Morgan fingerprint density at radius 3 is 2.91 bits per heavy atom. The van der Waals surface area contributed by atoms with Gasteiger partial charge in [-0.05, 0) is 17.7 Å². The Morgan fingerprint density at radius 1 is 1.36 bits per heavy atom. The molecule has 0 bridgehead atoms. The highest BCUT2D eigenvalue weighted by atomic mass is 19.3. The molecule has 22 heavy (non-hydrogen) atoms. The van der Waals surface area contributed by atoms with E-state index < -0.39 is 18.2 Å². The number of halogens is 3. The second-order valence-corrected chi connectivity index (χ2v) is 5.41. The minimum Gasteiger partial charge on any atom is -0.432 e. The fourth-order valence-electron chi connectivity index (χ4n) is 2.90. The number of hydrogen-bond acceptors (Lipinski definition) is 3. The van der Waals surface area contributed by atoms with Crippen LogP contribution in [0.1, 0.15) is 5.56 Å². The van der Waals surface area contributed by atoms with Crippen LogP contribution in [-0.4, -0.2) is 54.7 Å². The van der Waals surface area contributed by atoms with Crippen molar-refractivity contribution in [2.24, 2.45) is 0 Å². The van der Waals surface area contributed by atoms with Crippen molar-refractivity contribution in [2.75, 3.05) is 26.2 Å². The third kappa shape index (κ3) is 3.11. The Bertz CT molecular complexity index is 570. The fourth-order valence-corrected chi connectivity index (χ4v) is 2.90. The Labute approximate surface area is 125 Å². The zero-order valence-corrected chi connectivity index (χ0v) is 11.8. The maximum atomic E-state index is 13.7. The van der Waals surface area contributed by atoms with Crippen LogP contribution in [0.2, 0.25) is 0 Å². The van der Waals surface area contributed by atoms with Crippen LogP contribution in [0.4, 0.5) is 18.0 Å². The zero-order chi connectivity index (χ0) is 15.7. The predicted molar refractivity (Wildman–Crippen MR) is 72.2 cm³/mol. The number of carbonyl (C=O) groups excluding carboxylic acids is 1. The molecule has 0 spiro atoms. The van der Waals surface area contributed by atoms with E-state index in [2.05, 4.69) is 15.0 Å². The number of rotatable bonds is 4. The SMILES string of the molecule is O=C1NC[C@H]2CN(Cc3ccc(OC(F)F)c(F)c3)CCN12. The summed E-state index contributed by atoms with van der Waals surface area (Å²) >= 11 is 0. The first-order valence-electron chi connectivity index (χ1n) is 7.03. The van der Waals surface area contributed by atoms with E-state index in [9.17, 15) is 18.0 Å². The van der Waals surface area contributed by atoms with Crippen LogP contribution >= 0.6 is 0 Å². The number of ether oxygens (including phenoxy) is 1. The molecular weight excluding hydrogens is 299 g/mol. The molecule has 2 aliphatic rings. The van der Waals surface area contributed by atoms with Crippen molar-refractivity contribution in [3.8, 4) is 5.75 Å². The summed E-state index contributed by atoms with van der Waals surface area (Å²) in [6, 6.07) is 4.10. The summed E-state index contributed by atoms with van der Waals surface area (Å²) in [7, 11) is 0. The standard InChI is InChI=1S/C14H16F3N3O2/c15-11-5-9(1-2-12(11)22-13(16)17)7-19-3-4-20-10(8-19)6-18-14(20)21/h1-2,5,10,13H,3-4,6-8H2,(H,18,21)/t10-/m0/s1. The molecule has 1 atom stereocenters. The van der Waals surface area contributed by atoms with Crippen LogP contribution < -0.4 is 10.1 Å². The minimum absolute atomic E-state index is 0.0378. The van der Waals surface area contributed by atoms with Crippen LogP contribution in [0.15, 0.2) is 18.2 Å². The van der Waals surface area contributed by atoms with Gasteiger partial charge in [0.05, 0.1) is 6.04 Å². The number of hydrogen-bond donors (Lipinski definition) is 1. The average molecular weight is 315 g/mol. The molecule has 2 aliphatic heterocycles. The Morgan fingerprint density at radius 2 is 2.18 bits per heavy atom. The number of urea groups is 1. The molecule has 0 unspecified atom stereocenters. The van der Waals surface area contributed by atoms with E-state index in [0.29, 0.717) is 38.3 Å². The van der Waals surface area contributed by atoms with Crippen LogP contribution in [0.25, 0.3) is 0 Å². The molecule has 0 radical (unpaired) electrons. The number of nitrogens with zero attached hydrogens (tertiary/aromatic N) is 2. The van der Waals surface area contributed by atoms with E-state index in [1.165, 1.54) is 12.1 Å². The van der Waals surface area contributed by atoms with Gasteiger partial charge in [0.15, 0.2) is 11.6 Å². The van der Waals surface area contributed by atoms with E-state index >= 15 is 0 Å². The largest absolute Gasteiger partial charge is 0.432 e. The smallest absolute Gasteiger partial charge is 0.387 e. The first-order chi connectivity index (χ1) is 10.5. The van der Waals surface area contributed by atoms with E-state index in [4.69, 9.17) is 0 Å². The molecule has 5 nitrogen and oxygen atoms in total. The van der Waals surface area contributed by atoms with Gasteiger partial charge in [0.1, 0.15) is 0 Å². The summed E-state index contributed by atoms with van der Waals surface area (Å²) < 4.78 is 42.0. The lowest BCUT2D eigenvalue weighted by molar-refractivity contribution is -0.0522. The summed E-state index contributed by atoms with van der Waals surface area (Å²) in [4.78, 5) is 15.4. The van der Waals surface area contributed by atoms with Gasteiger partial charge >= 0.3 is 12.6 Å². The summed E-state index contributed by atoms with van der Waals surface area (Å²) in [5, 5.41) is 2.79. The Balaban J connectivity index is 1.62. The van der Waals surface area contributed by atoms with Crippen LogP contribution in [0.5, 0.6) is 5.75 Å². The van der Waals surface area contributed by atoms with Gasteiger partial charge in [-0.15, -0.1) is 0 Å². The summed E-state index contributed by atoms with van der Waals surface area (Å²) in [5.74, 6) is -1.25. The molecule has 2 amide bonds. The third-order valence-corrected chi connectivity index (χ3v) is 3.94. The van der Waals surface area contributed by atoms with Gasteiger partial charge in [0, 0.05) is 32.7 Å². The van der Waals surface area contributed by atoms with Crippen molar-refractivity contribution in [1.29, 1.82) is 0 Å². The van der Waals surface area contributed by atoms with Crippen LogP contribution in [-0.2, 0) is 6.54 Å². The van der Waals surface area contributed by atoms with Crippen molar-refractivity contribution < 1.29 is 22.7 Å². The van der Waals surface area contributed by atoms with Crippen LogP contribution in [0.3, 0.4) is 0 Å². The monoisotopic (exact) mass is 315 g/mol. The number of alkyl halides is 2. The first-order valence-corrected chi connectivity index (χ1v) is 7.03. The van der Waals surface area contributed by atoms with Crippen molar-refractivity contribution >= 4 is 6.03 Å². The summed E-state index contributed by atoms with van der Waals surface area (Å²) in [6.07, 6.45) is 0. The lowest BCUT2D eigenvalue weighted by atomic mass is 10.1. The molecule has 0 aliphatic carbocycles. The molecular formula is C14H16F3N3O2. The fraction of sp³-hybridized carbons (Fsp3) is 0.500. The van der Waals surface area contributed by atoms with E-state index in [1.54, 1.807) is 11.0 Å². The highest BCUT2D eigenvalue weighted by Crippen LogP contribution is 2.22. The molecule has 0 aromatic heterocycles. The molecule has 1 aromatic carbocycles. The normalized spacial score (nSPS) is 21.9. The molecule has 1 N–H and O–H groups in total. The topological polar surface area (TPSA) is 44.8 Å². The van der Waals surface area contributed by atoms with Crippen molar-refractivity contribution in [1.82, 2.24) is 15.1 Å². The van der Waals surface area contributed by atoms with Crippen molar-refractivity contribution in [3.63, 3.8) is 0 Å². The highest BCUT2D eigenvalue weighted by Gasteiger charge is 2.35. The molecule has 2 saturated heterocycles. The number of amides is 2. The molecule has 2 fully saturated rings. The van der Waals surface area contributed by atoms with Crippen molar-refractivity contribution in [3.05, 3.63) is 29.6 Å². The van der Waals surface area contributed by atoms with E-state index in [1.807, 2.05) is 0 Å². The number of fused-ring (bicyclic) bond motifs is 1. The summed E-state index contributed by atoms with van der Waals surface area (Å²) in [5.41, 5.74) is 0.685. The lowest BCUT2D eigenvalue weighted by Gasteiger charge is -2.36. The highest BCUT2D eigenvalue weighted by molar-refractivity contribution is 5.77. The molecule has 2 heterocycles.